The van der Waals surface area contributed by atoms with Crippen molar-refractivity contribution in [2.75, 3.05) is 12.3 Å². The molecule has 1 amide bonds. The predicted molar refractivity (Wildman–Crippen MR) is 110 cm³/mol. The van der Waals surface area contributed by atoms with Gasteiger partial charge in [-0.05, 0) is 58.8 Å². The summed E-state index contributed by atoms with van der Waals surface area (Å²) in [5.74, 6) is -0.249. The van der Waals surface area contributed by atoms with Gasteiger partial charge in [0.1, 0.15) is 5.82 Å². The van der Waals surface area contributed by atoms with Crippen molar-refractivity contribution in [2.24, 2.45) is 0 Å². The normalized spacial score (nSPS) is 11.1. The third-order valence-corrected chi connectivity index (χ3v) is 5.43. The summed E-state index contributed by atoms with van der Waals surface area (Å²) in [6, 6.07) is 11.7. The van der Waals surface area contributed by atoms with E-state index in [1.807, 2.05) is 12.3 Å². The van der Waals surface area contributed by atoms with Gasteiger partial charge in [-0.15, -0.1) is 5.10 Å². The summed E-state index contributed by atoms with van der Waals surface area (Å²) in [7, 11) is 0. The smallest absolute Gasteiger partial charge is 0.230 e. The van der Waals surface area contributed by atoms with Gasteiger partial charge in [-0.1, -0.05) is 29.4 Å². The van der Waals surface area contributed by atoms with Gasteiger partial charge >= 0.3 is 0 Å². The number of aromatic amines is 1. The van der Waals surface area contributed by atoms with Gasteiger partial charge in [0.2, 0.25) is 11.1 Å². The van der Waals surface area contributed by atoms with Crippen LogP contribution in [0.3, 0.4) is 0 Å². The number of benzene rings is 2. The van der Waals surface area contributed by atoms with Gasteiger partial charge in [-0.3, -0.25) is 4.79 Å². The molecule has 0 aliphatic heterocycles. The van der Waals surface area contributed by atoms with E-state index in [-0.39, 0.29) is 17.5 Å². The minimum atomic E-state index is -0.281. The third-order valence-electron chi connectivity index (χ3n) is 4.27. The lowest BCUT2D eigenvalue weighted by molar-refractivity contribution is -0.118. The van der Waals surface area contributed by atoms with Crippen molar-refractivity contribution in [2.45, 2.75) is 11.6 Å². The van der Waals surface area contributed by atoms with Crippen LogP contribution in [-0.2, 0) is 11.2 Å². The Morgan fingerprint density at radius 1 is 1.28 bits per heavy atom. The summed E-state index contributed by atoms with van der Waals surface area (Å²) >= 11 is 7.24. The molecular formula is C19H16ClFN6OS. The van der Waals surface area contributed by atoms with E-state index < -0.39 is 0 Å². The van der Waals surface area contributed by atoms with Crippen LogP contribution in [0, 0.1) is 5.82 Å². The second kappa shape index (κ2) is 8.62. The number of halogens is 2. The highest BCUT2D eigenvalue weighted by Crippen LogP contribution is 2.21. The molecule has 0 radical (unpaired) electrons. The van der Waals surface area contributed by atoms with Crippen molar-refractivity contribution in [1.82, 2.24) is 30.5 Å². The van der Waals surface area contributed by atoms with Gasteiger partial charge in [-0.2, -0.15) is 4.68 Å². The lowest BCUT2D eigenvalue weighted by Crippen LogP contribution is -2.27. The fourth-order valence-electron chi connectivity index (χ4n) is 2.91. The quantitative estimate of drug-likeness (QED) is 0.439. The minimum absolute atomic E-state index is 0.137. The van der Waals surface area contributed by atoms with E-state index >= 15 is 0 Å². The molecule has 0 saturated carbocycles. The Bertz CT molecular complexity index is 1160. The molecule has 2 aromatic carbocycles. The number of thioether (sulfide) groups is 1. The van der Waals surface area contributed by atoms with E-state index in [9.17, 15) is 9.18 Å². The maximum absolute atomic E-state index is 13.4. The Hall–Kier alpha value is -2.91. The van der Waals surface area contributed by atoms with Gasteiger partial charge in [0.05, 0.1) is 11.4 Å². The summed E-state index contributed by atoms with van der Waals surface area (Å²) in [5, 5.41) is 16.3. The van der Waals surface area contributed by atoms with Crippen molar-refractivity contribution in [1.29, 1.82) is 0 Å². The molecule has 2 N–H and O–H groups in total. The molecule has 0 saturated heterocycles. The van der Waals surface area contributed by atoms with Crippen LogP contribution in [0.4, 0.5) is 4.39 Å². The summed E-state index contributed by atoms with van der Waals surface area (Å²) in [6.07, 6.45) is 2.43. The van der Waals surface area contributed by atoms with Gasteiger partial charge in [0.15, 0.2) is 0 Å². The van der Waals surface area contributed by atoms with Crippen LogP contribution in [0.1, 0.15) is 5.56 Å². The Balaban J connectivity index is 1.31. The maximum Gasteiger partial charge on any atom is 0.230 e. The first-order chi connectivity index (χ1) is 14.1. The maximum atomic E-state index is 13.4. The second-order valence-corrected chi connectivity index (χ2v) is 7.62. The first-order valence-corrected chi connectivity index (χ1v) is 10.2. The topological polar surface area (TPSA) is 88.5 Å². The minimum Gasteiger partial charge on any atom is -0.361 e. The number of nitrogens with zero attached hydrogens (tertiary/aromatic N) is 4. The van der Waals surface area contributed by atoms with Gasteiger partial charge < -0.3 is 10.3 Å². The second-order valence-electron chi connectivity index (χ2n) is 6.25. The molecule has 0 spiro atoms. The van der Waals surface area contributed by atoms with Crippen molar-refractivity contribution in [3.05, 3.63) is 65.1 Å². The number of tetrazole rings is 1. The molecule has 2 heterocycles. The Morgan fingerprint density at radius 3 is 3.03 bits per heavy atom. The standard InChI is InChI=1S/C19H16ClFN6OS/c20-13-2-1-3-15(8-13)27-19(24-25-26-27)29-11-18(28)22-7-6-12-10-23-17-5-4-14(21)9-16(12)17/h1-5,8-10,23H,6-7,11H2,(H,22,28). The molecule has 0 atom stereocenters. The predicted octanol–water partition coefficient (Wildman–Crippen LogP) is 3.39. The number of fused-ring (bicyclic) bond motifs is 1. The fourth-order valence-corrected chi connectivity index (χ4v) is 3.82. The molecule has 7 nitrogen and oxygen atoms in total. The van der Waals surface area contributed by atoms with Crippen molar-refractivity contribution in [3.8, 4) is 5.69 Å². The van der Waals surface area contributed by atoms with Crippen LogP contribution in [0.15, 0.2) is 53.8 Å². The van der Waals surface area contributed by atoms with Crippen LogP contribution in [-0.4, -0.2) is 43.4 Å². The monoisotopic (exact) mass is 430 g/mol. The first kappa shape index (κ1) is 19.4. The van der Waals surface area contributed by atoms with Gasteiger partial charge in [-0.25, -0.2) is 4.39 Å². The van der Waals surface area contributed by atoms with Crippen LogP contribution in [0.25, 0.3) is 16.6 Å². The zero-order valence-corrected chi connectivity index (χ0v) is 16.7. The highest BCUT2D eigenvalue weighted by atomic mass is 35.5. The Morgan fingerprint density at radius 2 is 2.17 bits per heavy atom. The highest BCUT2D eigenvalue weighted by molar-refractivity contribution is 7.99. The number of H-pyrrole nitrogens is 1. The van der Waals surface area contributed by atoms with Gasteiger partial charge in [0.25, 0.3) is 0 Å². The number of rotatable bonds is 7. The molecular weight excluding hydrogens is 415 g/mol. The lowest BCUT2D eigenvalue weighted by Gasteiger charge is -2.06. The first-order valence-electron chi connectivity index (χ1n) is 8.79. The molecule has 148 valence electrons. The number of carbonyl (C=O) groups excluding carboxylic acids is 1. The van der Waals surface area contributed by atoms with E-state index in [0.29, 0.717) is 23.1 Å². The molecule has 10 heteroatoms. The molecule has 2 aromatic heterocycles. The average molecular weight is 431 g/mol. The van der Waals surface area contributed by atoms with Crippen LogP contribution in [0.2, 0.25) is 5.02 Å². The fraction of sp³-hybridized carbons (Fsp3) is 0.158. The van der Waals surface area contributed by atoms with Crippen LogP contribution >= 0.6 is 23.4 Å². The number of aromatic nitrogens is 5. The highest BCUT2D eigenvalue weighted by Gasteiger charge is 2.12. The van der Waals surface area contributed by atoms with E-state index in [2.05, 4.69) is 25.8 Å². The third kappa shape index (κ3) is 4.57. The van der Waals surface area contributed by atoms with Crippen molar-refractivity contribution >= 4 is 40.2 Å². The summed E-state index contributed by atoms with van der Waals surface area (Å²) in [5.41, 5.74) is 2.55. The number of amides is 1. The zero-order chi connectivity index (χ0) is 20.2. The van der Waals surface area contributed by atoms with E-state index in [4.69, 9.17) is 11.6 Å². The number of hydrogen-bond donors (Lipinski definition) is 2. The summed E-state index contributed by atoms with van der Waals surface area (Å²) < 4.78 is 15.0. The van der Waals surface area contributed by atoms with E-state index in [0.717, 1.165) is 22.2 Å². The van der Waals surface area contributed by atoms with Crippen molar-refractivity contribution in [3.63, 3.8) is 0 Å². The molecule has 29 heavy (non-hydrogen) atoms. The van der Waals surface area contributed by atoms with Crippen molar-refractivity contribution < 1.29 is 9.18 Å². The molecule has 0 aliphatic rings. The van der Waals surface area contributed by atoms with E-state index in [1.165, 1.54) is 28.6 Å². The molecule has 0 fully saturated rings. The Kier molecular flexibility index (Phi) is 5.77. The van der Waals surface area contributed by atoms with E-state index in [1.54, 1.807) is 24.3 Å². The van der Waals surface area contributed by atoms with Gasteiger partial charge in [0, 0.05) is 28.7 Å². The molecule has 4 aromatic rings. The average Bonchev–Trinajstić information content (AvgIpc) is 3.33. The van der Waals surface area contributed by atoms with Crippen LogP contribution in [0.5, 0.6) is 0 Å². The molecule has 0 unspecified atom stereocenters. The molecule has 0 aliphatic carbocycles. The molecule has 4 rings (SSSR count). The number of carbonyl (C=O) groups is 1. The summed E-state index contributed by atoms with van der Waals surface area (Å²) in [6.45, 7) is 0.447. The summed E-state index contributed by atoms with van der Waals surface area (Å²) in [4.78, 5) is 15.3. The largest absolute Gasteiger partial charge is 0.361 e. The SMILES string of the molecule is O=C(CSc1nnnn1-c1cccc(Cl)c1)NCCc1c[nH]c2ccc(F)cc12. The Labute approximate surface area is 174 Å². The number of nitrogens with one attached hydrogen (secondary N) is 2. The zero-order valence-electron chi connectivity index (χ0n) is 15.1. The number of hydrogen-bond acceptors (Lipinski definition) is 5. The molecule has 0 bridgehead atoms. The van der Waals surface area contributed by atoms with Crippen LogP contribution < -0.4 is 5.32 Å². The lowest BCUT2D eigenvalue weighted by atomic mass is 10.1.